The van der Waals surface area contributed by atoms with Crippen LogP contribution in [0.15, 0.2) is 30.3 Å². The molecule has 19 heavy (non-hydrogen) atoms. The molecule has 0 saturated heterocycles. The van der Waals surface area contributed by atoms with E-state index in [1.807, 2.05) is 30.3 Å². The molecule has 5 heteroatoms. The first kappa shape index (κ1) is 12.8. The summed E-state index contributed by atoms with van der Waals surface area (Å²) in [7, 11) is 1.64. The average molecular weight is 254 g/mol. The van der Waals surface area contributed by atoms with Crippen molar-refractivity contribution in [3.05, 3.63) is 47.4 Å². The second-order valence-corrected chi connectivity index (χ2v) is 3.96. The van der Waals surface area contributed by atoms with E-state index in [0.29, 0.717) is 23.9 Å². The minimum atomic E-state index is 0.357. The zero-order valence-corrected chi connectivity index (χ0v) is 10.8. The van der Waals surface area contributed by atoms with E-state index in [-0.39, 0.29) is 0 Å². The molecule has 1 N–H and O–H groups in total. The maximum absolute atomic E-state index is 8.87. The Morgan fingerprint density at radius 1 is 1.32 bits per heavy atom. The summed E-state index contributed by atoms with van der Waals surface area (Å²) in [6, 6.07) is 11.4. The van der Waals surface area contributed by atoms with E-state index in [1.54, 1.807) is 20.1 Å². The maximum atomic E-state index is 8.87. The summed E-state index contributed by atoms with van der Waals surface area (Å²) in [5.74, 6) is 2.03. The van der Waals surface area contributed by atoms with E-state index in [2.05, 4.69) is 15.3 Å². The van der Waals surface area contributed by atoms with Gasteiger partial charge in [0.25, 0.3) is 0 Å². The maximum Gasteiger partial charge on any atom is 0.146 e. The number of nitriles is 1. The molecule has 0 aliphatic rings. The molecule has 2 aromatic rings. The fourth-order valence-electron chi connectivity index (χ4n) is 1.75. The highest BCUT2D eigenvalue weighted by atomic mass is 16.5. The predicted molar refractivity (Wildman–Crippen MR) is 71.8 cm³/mol. The SMILES string of the molecule is COc1ccccc1CNc1cc(C#N)nc(C)n1. The molecule has 0 spiro atoms. The number of nitrogens with zero attached hydrogens (tertiary/aromatic N) is 3. The molecule has 0 aliphatic heterocycles. The lowest BCUT2D eigenvalue weighted by Crippen LogP contribution is -2.05. The number of anilines is 1. The van der Waals surface area contributed by atoms with Gasteiger partial charge in [-0.15, -0.1) is 0 Å². The van der Waals surface area contributed by atoms with Crippen molar-refractivity contribution in [3.63, 3.8) is 0 Å². The molecule has 0 atom stereocenters. The Bertz CT molecular complexity index is 619. The summed E-state index contributed by atoms with van der Waals surface area (Å²) in [5, 5.41) is 12.0. The molecule has 1 aromatic carbocycles. The van der Waals surface area contributed by atoms with Gasteiger partial charge in [0, 0.05) is 18.2 Å². The number of methoxy groups -OCH3 is 1. The Morgan fingerprint density at radius 3 is 2.84 bits per heavy atom. The fraction of sp³-hybridized carbons (Fsp3) is 0.214. The summed E-state index contributed by atoms with van der Waals surface area (Å²) >= 11 is 0. The van der Waals surface area contributed by atoms with Crippen LogP contribution in [0, 0.1) is 18.3 Å². The normalized spacial score (nSPS) is 9.74. The highest BCUT2D eigenvalue weighted by Crippen LogP contribution is 2.18. The van der Waals surface area contributed by atoms with Gasteiger partial charge in [-0.05, 0) is 13.0 Å². The number of para-hydroxylation sites is 1. The first-order chi connectivity index (χ1) is 9.22. The molecule has 96 valence electrons. The highest BCUT2D eigenvalue weighted by molar-refractivity contribution is 5.42. The number of nitrogens with one attached hydrogen (secondary N) is 1. The smallest absolute Gasteiger partial charge is 0.146 e. The van der Waals surface area contributed by atoms with Gasteiger partial charge in [0.15, 0.2) is 0 Å². The minimum Gasteiger partial charge on any atom is -0.496 e. The van der Waals surface area contributed by atoms with Gasteiger partial charge in [-0.1, -0.05) is 18.2 Å². The number of rotatable bonds is 4. The van der Waals surface area contributed by atoms with Gasteiger partial charge in [-0.2, -0.15) is 5.26 Å². The van der Waals surface area contributed by atoms with Crippen molar-refractivity contribution in [3.8, 4) is 11.8 Å². The van der Waals surface area contributed by atoms with Gasteiger partial charge in [0.05, 0.1) is 7.11 Å². The van der Waals surface area contributed by atoms with Gasteiger partial charge in [0.1, 0.15) is 29.2 Å². The van der Waals surface area contributed by atoms with E-state index in [4.69, 9.17) is 10.00 Å². The molecule has 5 nitrogen and oxygen atoms in total. The average Bonchev–Trinajstić information content (AvgIpc) is 2.44. The Kier molecular flexibility index (Phi) is 3.94. The minimum absolute atomic E-state index is 0.357. The number of ether oxygens (including phenoxy) is 1. The third kappa shape index (κ3) is 3.19. The van der Waals surface area contributed by atoms with Crippen molar-refractivity contribution in [1.82, 2.24) is 9.97 Å². The predicted octanol–water partition coefficient (Wildman–Crippen LogP) is 2.28. The van der Waals surface area contributed by atoms with Gasteiger partial charge >= 0.3 is 0 Å². The Labute approximate surface area is 111 Å². The summed E-state index contributed by atoms with van der Waals surface area (Å²) in [6.07, 6.45) is 0. The molecular weight excluding hydrogens is 240 g/mol. The van der Waals surface area contributed by atoms with Crippen LogP contribution in [0.5, 0.6) is 5.75 Å². The van der Waals surface area contributed by atoms with Gasteiger partial charge in [0.2, 0.25) is 0 Å². The Balaban J connectivity index is 2.15. The van der Waals surface area contributed by atoms with Gasteiger partial charge < -0.3 is 10.1 Å². The summed E-state index contributed by atoms with van der Waals surface area (Å²) in [6.45, 7) is 2.33. The number of hydrogen-bond donors (Lipinski definition) is 1. The molecule has 0 saturated carbocycles. The van der Waals surface area contributed by atoms with Gasteiger partial charge in [-0.25, -0.2) is 9.97 Å². The van der Waals surface area contributed by atoms with Crippen LogP contribution in [0.25, 0.3) is 0 Å². The van der Waals surface area contributed by atoms with Crippen molar-refractivity contribution in [2.75, 3.05) is 12.4 Å². The van der Waals surface area contributed by atoms with Crippen molar-refractivity contribution >= 4 is 5.82 Å². The Hall–Kier alpha value is -2.61. The van der Waals surface area contributed by atoms with E-state index in [1.165, 1.54) is 0 Å². The molecule has 0 bridgehead atoms. The standard InChI is InChI=1S/C14H14N4O/c1-10-17-12(8-15)7-14(18-10)16-9-11-5-3-4-6-13(11)19-2/h3-7H,9H2,1-2H3,(H,16,17,18). The lowest BCUT2D eigenvalue weighted by atomic mass is 10.2. The van der Waals surface area contributed by atoms with E-state index < -0.39 is 0 Å². The van der Waals surface area contributed by atoms with Gasteiger partial charge in [-0.3, -0.25) is 0 Å². The first-order valence-electron chi connectivity index (χ1n) is 5.84. The van der Waals surface area contributed by atoms with Crippen LogP contribution in [-0.2, 0) is 6.54 Å². The van der Waals surface area contributed by atoms with Crippen LogP contribution in [0.4, 0.5) is 5.82 Å². The van der Waals surface area contributed by atoms with Crippen LogP contribution in [-0.4, -0.2) is 17.1 Å². The third-order valence-corrected chi connectivity index (χ3v) is 2.60. The second-order valence-electron chi connectivity index (χ2n) is 3.96. The lowest BCUT2D eigenvalue weighted by molar-refractivity contribution is 0.410. The lowest BCUT2D eigenvalue weighted by Gasteiger charge is -2.10. The number of hydrogen-bond acceptors (Lipinski definition) is 5. The molecule has 0 amide bonds. The summed E-state index contributed by atoms with van der Waals surface area (Å²) in [4.78, 5) is 8.24. The van der Waals surface area contributed by atoms with Crippen molar-refractivity contribution in [2.45, 2.75) is 13.5 Å². The molecule has 0 aliphatic carbocycles. The van der Waals surface area contributed by atoms with E-state index in [0.717, 1.165) is 11.3 Å². The molecule has 1 aromatic heterocycles. The number of aromatic nitrogens is 2. The third-order valence-electron chi connectivity index (χ3n) is 2.60. The quantitative estimate of drug-likeness (QED) is 0.906. The van der Waals surface area contributed by atoms with E-state index in [9.17, 15) is 0 Å². The topological polar surface area (TPSA) is 70.8 Å². The monoisotopic (exact) mass is 254 g/mol. The van der Waals surface area contributed by atoms with Crippen LogP contribution < -0.4 is 10.1 Å². The van der Waals surface area contributed by atoms with E-state index >= 15 is 0 Å². The van der Waals surface area contributed by atoms with Crippen molar-refractivity contribution < 1.29 is 4.74 Å². The molecular formula is C14H14N4O. The summed E-state index contributed by atoms with van der Waals surface area (Å²) < 4.78 is 5.28. The molecule has 1 heterocycles. The number of aryl methyl sites for hydroxylation is 1. The highest BCUT2D eigenvalue weighted by Gasteiger charge is 2.04. The zero-order valence-electron chi connectivity index (χ0n) is 10.8. The van der Waals surface area contributed by atoms with Crippen LogP contribution >= 0.6 is 0 Å². The van der Waals surface area contributed by atoms with Crippen LogP contribution in [0.3, 0.4) is 0 Å². The van der Waals surface area contributed by atoms with Crippen LogP contribution in [0.1, 0.15) is 17.1 Å². The molecule has 0 radical (unpaired) electrons. The van der Waals surface area contributed by atoms with Crippen LogP contribution in [0.2, 0.25) is 0 Å². The summed E-state index contributed by atoms with van der Waals surface area (Å²) in [5.41, 5.74) is 1.38. The first-order valence-corrected chi connectivity index (χ1v) is 5.84. The van der Waals surface area contributed by atoms with Crippen molar-refractivity contribution in [2.24, 2.45) is 0 Å². The zero-order chi connectivity index (χ0) is 13.7. The Morgan fingerprint density at radius 2 is 2.11 bits per heavy atom. The largest absolute Gasteiger partial charge is 0.496 e. The molecule has 0 unspecified atom stereocenters. The fourth-order valence-corrected chi connectivity index (χ4v) is 1.75. The molecule has 0 fully saturated rings. The van der Waals surface area contributed by atoms with Crippen molar-refractivity contribution in [1.29, 1.82) is 5.26 Å². The number of benzene rings is 1. The second kappa shape index (κ2) is 5.83. The molecule has 2 rings (SSSR count).